The van der Waals surface area contributed by atoms with Gasteiger partial charge in [-0.25, -0.2) is 0 Å². The number of nitrogens with zero attached hydrogens (tertiary/aromatic N) is 3. The molecule has 0 spiro atoms. The lowest BCUT2D eigenvalue weighted by Gasteiger charge is -2.21. The highest BCUT2D eigenvalue weighted by atomic mass is 16.6. The third kappa shape index (κ3) is 1.82. The lowest BCUT2D eigenvalue weighted by molar-refractivity contribution is -0.383. The van der Waals surface area contributed by atoms with Crippen molar-refractivity contribution in [3.05, 3.63) is 28.4 Å². The average Bonchev–Trinajstić information content (AvgIpc) is 2.79. The van der Waals surface area contributed by atoms with Crippen molar-refractivity contribution in [1.82, 2.24) is 10.2 Å². The van der Waals surface area contributed by atoms with Crippen molar-refractivity contribution in [2.75, 3.05) is 18.0 Å². The number of hydrogen-bond donors (Lipinski definition) is 1. The van der Waals surface area contributed by atoms with Crippen molar-refractivity contribution in [2.45, 2.75) is 13.8 Å². The summed E-state index contributed by atoms with van der Waals surface area (Å²) < 4.78 is 0. The first-order valence-electron chi connectivity index (χ1n) is 5.54. The molecule has 0 atom stereocenters. The molecule has 6 heteroatoms. The molecule has 0 unspecified atom stereocenters. The van der Waals surface area contributed by atoms with Crippen LogP contribution in [0.5, 0.6) is 0 Å². The van der Waals surface area contributed by atoms with Gasteiger partial charge in [0.2, 0.25) is 0 Å². The number of rotatable bonds is 4. The maximum atomic E-state index is 10.9. The number of H-pyrrole nitrogens is 1. The first-order chi connectivity index (χ1) is 8.19. The van der Waals surface area contributed by atoms with Gasteiger partial charge in [-0.1, -0.05) is 0 Å². The maximum Gasteiger partial charge on any atom is 0.280 e. The minimum Gasteiger partial charge on any atom is -0.370 e. The zero-order valence-electron chi connectivity index (χ0n) is 9.80. The predicted molar refractivity (Wildman–Crippen MR) is 66.3 cm³/mol. The van der Waals surface area contributed by atoms with Crippen molar-refractivity contribution >= 4 is 22.3 Å². The molecule has 0 aliphatic rings. The van der Waals surface area contributed by atoms with E-state index in [1.54, 1.807) is 6.07 Å². The van der Waals surface area contributed by atoms with E-state index < -0.39 is 0 Å². The fraction of sp³-hybridized carbons (Fsp3) is 0.364. The summed E-state index contributed by atoms with van der Waals surface area (Å²) in [7, 11) is 0. The summed E-state index contributed by atoms with van der Waals surface area (Å²) in [6, 6.07) is 3.30. The van der Waals surface area contributed by atoms with Crippen LogP contribution in [-0.4, -0.2) is 28.2 Å². The third-order valence-electron chi connectivity index (χ3n) is 2.87. The molecule has 0 saturated carbocycles. The van der Waals surface area contributed by atoms with Crippen LogP contribution in [0.3, 0.4) is 0 Å². The molecule has 0 bridgehead atoms. The normalized spacial score (nSPS) is 10.7. The summed E-state index contributed by atoms with van der Waals surface area (Å²) in [5.74, 6) is 0. The van der Waals surface area contributed by atoms with Crippen molar-refractivity contribution in [3.8, 4) is 0 Å². The molecule has 1 N–H and O–H groups in total. The number of non-ortho nitro benzene ring substituents is 1. The maximum absolute atomic E-state index is 10.9. The second-order valence-electron chi connectivity index (χ2n) is 3.69. The number of fused-ring (bicyclic) bond motifs is 1. The standard InChI is InChI=1S/C11H14N4O2/c1-3-14(4-2)10-6-5-9(15(16)17)8-7-12-13-11(8)10/h5-7H,3-4H2,1-2H3,(H,12,13). The van der Waals surface area contributed by atoms with Crippen molar-refractivity contribution in [1.29, 1.82) is 0 Å². The van der Waals surface area contributed by atoms with Gasteiger partial charge in [-0.2, -0.15) is 5.10 Å². The van der Waals surface area contributed by atoms with Gasteiger partial charge in [-0.3, -0.25) is 15.2 Å². The van der Waals surface area contributed by atoms with Gasteiger partial charge in [-0.15, -0.1) is 0 Å². The average molecular weight is 234 g/mol. The van der Waals surface area contributed by atoms with Gasteiger partial charge in [0.1, 0.15) is 0 Å². The van der Waals surface area contributed by atoms with Crippen molar-refractivity contribution < 1.29 is 4.92 Å². The Morgan fingerprint density at radius 3 is 2.71 bits per heavy atom. The molecule has 0 aliphatic carbocycles. The summed E-state index contributed by atoms with van der Waals surface area (Å²) >= 11 is 0. The molecular weight excluding hydrogens is 220 g/mol. The molecule has 1 aromatic carbocycles. The second kappa shape index (κ2) is 4.40. The number of nitrogens with one attached hydrogen (secondary N) is 1. The van der Waals surface area contributed by atoms with Crippen LogP contribution in [0.4, 0.5) is 11.4 Å². The van der Waals surface area contributed by atoms with E-state index in [0.717, 1.165) is 24.3 Å². The van der Waals surface area contributed by atoms with E-state index >= 15 is 0 Å². The second-order valence-corrected chi connectivity index (χ2v) is 3.69. The lowest BCUT2D eigenvalue weighted by Crippen LogP contribution is -2.22. The largest absolute Gasteiger partial charge is 0.370 e. The van der Waals surface area contributed by atoms with Crippen LogP contribution in [-0.2, 0) is 0 Å². The van der Waals surface area contributed by atoms with Gasteiger partial charge < -0.3 is 4.90 Å². The molecule has 2 rings (SSSR count). The minimum atomic E-state index is -0.385. The molecule has 0 amide bonds. The number of aromatic amines is 1. The molecule has 17 heavy (non-hydrogen) atoms. The Bertz CT molecular complexity index is 545. The first-order valence-corrected chi connectivity index (χ1v) is 5.54. The number of aromatic nitrogens is 2. The van der Waals surface area contributed by atoms with Gasteiger partial charge in [0.05, 0.1) is 27.7 Å². The monoisotopic (exact) mass is 234 g/mol. The molecular formula is C11H14N4O2. The Kier molecular flexibility index (Phi) is 2.95. The SMILES string of the molecule is CCN(CC)c1ccc([N+](=O)[O-])c2cn[nH]c12. The molecule has 1 aromatic heterocycles. The zero-order chi connectivity index (χ0) is 12.4. The Labute approximate surface area is 98.4 Å². The van der Waals surface area contributed by atoms with Crippen molar-refractivity contribution in [2.24, 2.45) is 0 Å². The van der Waals surface area contributed by atoms with Crippen LogP contribution < -0.4 is 4.90 Å². The van der Waals surface area contributed by atoms with Gasteiger partial charge in [-0.05, 0) is 19.9 Å². The number of hydrogen-bond acceptors (Lipinski definition) is 4. The van der Waals surface area contributed by atoms with Gasteiger partial charge in [0, 0.05) is 19.2 Å². The van der Waals surface area contributed by atoms with Gasteiger partial charge in [0.25, 0.3) is 5.69 Å². The number of anilines is 1. The van der Waals surface area contributed by atoms with Crippen LogP contribution in [0, 0.1) is 10.1 Å². The Morgan fingerprint density at radius 1 is 1.41 bits per heavy atom. The summed E-state index contributed by atoms with van der Waals surface area (Å²) in [5.41, 5.74) is 1.76. The summed E-state index contributed by atoms with van der Waals surface area (Å²) in [5, 5.41) is 18.2. The highest BCUT2D eigenvalue weighted by molar-refractivity contribution is 5.96. The molecule has 1 heterocycles. The third-order valence-corrected chi connectivity index (χ3v) is 2.87. The quantitative estimate of drug-likeness (QED) is 0.650. The summed E-state index contributed by atoms with van der Waals surface area (Å²) in [6.07, 6.45) is 1.50. The van der Waals surface area contributed by atoms with Crippen LogP contribution in [0.15, 0.2) is 18.3 Å². The fourth-order valence-electron chi connectivity index (χ4n) is 1.99. The highest BCUT2D eigenvalue weighted by Gasteiger charge is 2.17. The summed E-state index contributed by atoms with van der Waals surface area (Å²) in [6.45, 7) is 5.80. The van der Waals surface area contributed by atoms with Crippen LogP contribution in [0.1, 0.15) is 13.8 Å². The van der Waals surface area contributed by atoms with E-state index in [1.165, 1.54) is 12.3 Å². The van der Waals surface area contributed by atoms with E-state index in [-0.39, 0.29) is 10.6 Å². The lowest BCUT2D eigenvalue weighted by atomic mass is 10.2. The Morgan fingerprint density at radius 2 is 2.12 bits per heavy atom. The van der Waals surface area contributed by atoms with Crippen LogP contribution >= 0.6 is 0 Å². The molecule has 0 radical (unpaired) electrons. The van der Waals surface area contributed by atoms with E-state index in [4.69, 9.17) is 0 Å². The Hall–Kier alpha value is -2.11. The van der Waals surface area contributed by atoms with Crippen LogP contribution in [0.2, 0.25) is 0 Å². The van der Waals surface area contributed by atoms with Crippen molar-refractivity contribution in [3.63, 3.8) is 0 Å². The number of benzene rings is 1. The zero-order valence-corrected chi connectivity index (χ0v) is 9.80. The molecule has 6 nitrogen and oxygen atoms in total. The van der Waals surface area contributed by atoms with E-state index in [1.807, 2.05) is 13.8 Å². The Balaban J connectivity index is 2.64. The predicted octanol–water partition coefficient (Wildman–Crippen LogP) is 2.32. The number of nitro groups is 1. The molecule has 0 aliphatic heterocycles. The molecule has 90 valence electrons. The smallest absolute Gasteiger partial charge is 0.280 e. The molecule has 2 aromatic rings. The number of nitro benzene ring substituents is 1. The highest BCUT2D eigenvalue weighted by Crippen LogP contribution is 2.31. The van der Waals surface area contributed by atoms with E-state index in [0.29, 0.717) is 5.39 Å². The van der Waals surface area contributed by atoms with Crippen LogP contribution in [0.25, 0.3) is 10.9 Å². The van der Waals surface area contributed by atoms with E-state index in [9.17, 15) is 10.1 Å². The summed E-state index contributed by atoms with van der Waals surface area (Å²) in [4.78, 5) is 12.6. The topological polar surface area (TPSA) is 75.1 Å². The van der Waals surface area contributed by atoms with Gasteiger partial charge >= 0.3 is 0 Å². The first kappa shape index (κ1) is 11.4. The minimum absolute atomic E-state index is 0.0876. The molecule has 0 saturated heterocycles. The molecule has 0 fully saturated rings. The fourth-order valence-corrected chi connectivity index (χ4v) is 1.99. The van der Waals surface area contributed by atoms with E-state index in [2.05, 4.69) is 15.1 Å². The van der Waals surface area contributed by atoms with Gasteiger partial charge in [0.15, 0.2) is 0 Å².